The van der Waals surface area contributed by atoms with Crippen LogP contribution in [0.2, 0.25) is 0 Å². The van der Waals surface area contributed by atoms with Gasteiger partial charge < -0.3 is 19.9 Å². The molecule has 0 aliphatic carbocycles. The Kier molecular flexibility index (Phi) is 2.95. The second-order valence-electron chi connectivity index (χ2n) is 4.43. The monoisotopic (exact) mass is 215 g/mol. The number of carbonyl (C=O) groups excluding carboxylic acids is 1. The van der Waals surface area contributed by atoms with Gasteiger partial charge in [-0.3, -0.25) is 4.79 Å². The van der Waals surface area contributed by atoms with E-state index < -0.39 is 5.41 Å². The van der Waals surface area contributed by atoms with E-state index in [0.29, 0.717) is 26.4 Å². The molecule has 5 heteroatoms. The molecule has 86 valence electrons. The van der Waals surface area contributed by atoms with Crippen LogP contribution in [0.1, 0.15) is 13.3 Å². The van der Waals surface area contributed by atoms with Crippen LogP contribution in [-0.4, -0.2) is 44.5 Å². The van der Waals surface area contributed by atoms with Gasteiger partial charge in [-0.25, -0.2) is 0 Å². The van der Waals surface area contributed by atoms with Crippen molar-refractivity contribution in [1.29, 1.82) is 0 Å². The van der Waals surface area contributed by atoms with E-state index in [0.717, 1.165) is 6.42 Å². The van der Waals surface area contributed by atoms with E-state index in [1.807, 2.05) is 0 Å². The fourth-order valence-corrected chi connectivity index (χ4v) is 1.79. The molecule has 0 aromatic heterocycles. The molecule has 0 aromatic carbocycles. The minimum Gasteiger partial charge on any atom is -0.459 e. The number of hydrogen-bond acceptors (Lipinski definition) is 5. The molecule has 3 atom stereocenters. The predicted octanol–water partition coefficient (Wildman–Crippen LogP) is -0.318. The lowest BCUT2D eigenvalue weighted by molar-refractivity contribution is -0.161. The smallest absolute Gasteiger partial charge is 0.316 e. The summed E-state index contributed by atoms with van der Waals surface area (Å²) in [6.07, 6.45) is 0.667. The van der Waals surface area contributed by atoms with Gasteiger partial charge in [-0.15, -0.1) is 0 Å². The first-order valence-corrected chi connectivity index (χ1v) is 5.25. The zero-order chi connectivity index (χ0) is 10.9. The summed E-state index contributed by atoms with van der Waals surface area (Å²) in [6, 6.07) is -0.271. The molecule has 2 rings (SSSR count). The number of rotatable bonds is 2. The zero-order valence-corrected chi connectivity index (χ0v) is 8.90. The lowest BCUT2D eigenvalue weighted by Gasteiger charge is -2.25. The van der Waals surface area contributed by atoms with Crippen molar-refractivity contribution < 1.29 is 19.0 Å². The topological polar surface area (TPSA) is 70.8 Å². The Balaban J connectivity index is 1.94. The maximum absolute atomic E-state index is 11.9. The first kappa shape index (κ1) is 10.9. The molecule has 2 fully saturated rings. The first-order chi connectivity index (χ1) is 7.13. The van der Waals surface area contributed by atoms with Crippen molar-refractivity contribution in [2.45, 2.75) is 25.5 Å². The highest BCUT2D eigenvalue weighted by Gasteiger charge is 2.46. The maximum atomic E-state index is 11.9. The van der Waals surface area contributed by atoms with E-state index in [1.54, 1.807) is 6.92 Å². The summed E-state index contributed by atoms with van der Waals surface area (Å²) in [4.78, 5) is 11.9. The summed E-state index contributed by atoms with van der Waals surface area (Å²) in [6.45, 7) is 3.73. The van der Waals surface area contributed by atoms with Gasteiger partial charge in [0, 0.05) is 12.5 Å². The second-order valence-corrected chi connectivity index (χ2v) is 4.43. The average molecular weight is 215 g/mol. The quantitative estimate of drug-likeness (QED) is 0.639. The Morgan fingerprint density at radius 2 is 2.27 bits per heavy atom. The maximum Gasteiger partial charge on any atom is 0.316 e. The van der Waals surface area contributed by atoms with Crippen LogP contribution >= 0.6 is 0 Å². The summed E-state index contributed by atoms with van der Waals surface area (Å²) >= 11 is 0. The van der Waals surface area contributed by atoms with Gasteiger partial charge in [0.2, 0.25) is 0 Å². The highest BCUT2D eigenvalue weighted by atomic mass is 16.6. The molecule has 2 aliphatic rings. The van der Waals surface area contributed by atoms with Crippen molar-refractivity contribution in [3.63, 3.8) is 0 Å². The average Bonchev–Trinajstić information content (AvgIpc) is 2.79. The highest BCUT2D eigenvalue weighted by molar-refractivity contribution is 5.78. The van der Waals surface area contributed by atoms with Crippen molar-refractivity contribution in [2.75, 3.05) is 26.4 Å². The van der Waals surface area contributed by atoms with Crippen molar-refractivity contribution >= 4 is 5.97 Å². The summed E-state index contributed by atoms with van der Waals surface area (Å²) in [5.74, 6) is -0.261. The molecule has 0 radical (unpaired) electrons. The Labute approximate surface area is 88.9 Å². The third-order valence-corrected chi connectivity index (χ3v) is 3.15. The van der Waals surface area contributed by atoms with Crippen LogP contribution in [0.5, 0.6) is 0 Å². The fraction of sp³-hybridized carbons (Fsp3) is 0.900. The largest absolute Gasteiger partial charge is 0.459 e. The Morgan fingerprint density at radius 1 is 1.47 bits per heavy atom. The molecule has 0 spiro atoms. The van der Waals surface area contributed by atoms with Crippen molar-refractivity contribution in [1.82, 2.24) is 0 Å². The van der Waals surface area contributed by atoms with Gasteiger partial charge >= 0.3 is 5.97 Å². The number of carbonyl (C=O) groups is 1. The van der Waals surface area contributed by atoms with Crippen LogP contribution in [0.15, 0.2) is 0 Å². The summed E-state index contributed by atoms with van der Waals surface area (Å²) < 4.78 is 15.7. The summed E-state index contributed by atoms with van der Waals surface area (Å²) in [5.41, 5.74) is 5.14. The van der Waals surface area contributed by atoms with Gasteiger partial charge in [-0.05, 0) is 6.92 Å². The van der Waals surface area contributed by atoms with Crippen LogP contribution in [0.25, 0.3) is 0 Å². The van der Waals surface area contributed by atoms with Crippen LogP contribution in [0.3, 0.4) is 0 Å². The highest BCUT2D eigenvalue weighted by Crippen LogP contribution is 2.29. The van der Waals surface area contributed by atoms with Gasteiger partial charge in [-0.2, -0.15) is 0 Å². The fourth-order valence-electron chi connectivity index (χ4n) is 1.79. The van der Waals surface area contributed by atoms with E-state index in [2.05, 4.69) is 0 Å². The van der Waals surface area contributed by atoms with E-state index in [1.165, 1.54) is 0 Å². The zero-order valence-electron chi connectivity index (χ0n) is 8.90. The Bertz CT molecular complexity index is 252. The molecule has 3 unspecified atom stereocenters. The molecule has 0 amide bonds. The third kappa shape index (κ3) is 2.00. The predicted molar refractivity (Wildman–Crippen MR) is 52.2 cm³/mol. The molecule has 2 heterocycles. The van der Waals surface area contributed by atoms with Gasteiger partial charge in [0.15, 0.2) is 0 Å². The van der Waals surface area contributed by atoms with Crippen molar-refractivity contribution in [3.05, 3.63) is 0 Å². The first-order valence-electron chi connectivity index (χ1n) is 5.25. The SMILES string of the molecule is CC1(C(=O)OC2CCOC2)COCC1N. The van der Waals surface area contributed by atoms with Crippen LogP contribution in [0, 0.1) is 5.41 Å². The van der Waals surface area contributed by atoms with Crippen LogP contribution < -0.4 is 5.73 Å². The third-order valence-electron chi connectivity index (χ3n) is 3.15. The Morgan fingerprint density at radius 3 is 2.80 bits per heavy atom. The lowest BCUT2D eigenvalue weighted by Crippen LogP contribution is -2.46. The summed E-state index contributed by atoms with van der Waals surface area (Å²) in [7, 11) is 0. The minimum absolute atomic E-state index is 0.109. The number of nitrogens with two attached hydrogens (primary N) is 1. The Hall–Kier alpha value is -0.650. The van der Waals surface area contributed by atoms with E-state index in [-0.39, 0.29) is 18.1 Å². The van der Waals surface area contributed by atoms with Gasteiger partial charge in [0.25, 0.3) is 0 Å². The van der Waals surface area contributed by atoms with E-state index >= 15 is 0 Å². The number of ether oxygens (including phenoxy) is 3. The molecule has 0 bridgehead atoms. The molecule has 2 N–H and O–H groups in total. The van der Waals surface area contributed by atoms with Gasteiger partial charge in [-0.1, -0.05) is 0 Å². The molecule has 2 aliphatic heterocycles. The van der Waals surface area contributed by atoms with Gasteiger partial charge in [0.05, 0.1) is 26.4 Å². The number of esters is 1. The molecule has 15 heavy (non-hydrogen) atoms. The van der Waals surface area contributed by atoms with Crippen LogP contribution in [0.4, 0.5) is 0 Å². The molecule has 2 saturated heterocycles. The number of hydrogen-bond donors (Lipinski definition) is 1. The molecule has 0 saturated carbocycles. The molecular formula is C10H17NO4. The van der Waals surface area contributed by atoms with Gasteiger partial charge in [0.1, 0.15) is 11.5 Å². The minimum atomic E-state index is -0.692. The molecule has 5 nitrogen and oxygen atoms in total. The molecule has 0 aromatic rings. The lowest BCUT2D eigenvalue weighted by atomic mass is 9.86. The standard InChI is InChI=1S/C10H17NO4/c1-10(6-14-5-8(10)11)9(12)15-7-2-3-13-4-7/h7-8H,2-6,11H2,1H3. The summed E-state index contributed by atoms with van der Waals surface area (Å²) in [5, 5.41) is 0. The van der Waals surface area contributed by atoms with Crippen molar-refractivity contribution in [3.8, 4) is 0 Å². The van der Waals surface area contributed by atoms with Crippen molar-refractivity contribution in [2.24, 2.45) is 11.1 Å². The molecular weight excluding hydrogens is 198 g/mol. The van der Waals surface area contributed by atoms with E-state index in [4.69, 9.17) is 19.9 Å². The normalized spacial score (nSPS) is 40.7. The van der Waals surface area contributed by atoms with E-state index in [9.17, 15) is 4.79 Å². The van der Waals surface area contributed by atoms with Crippen LogP contribution in [-0.2, 0) is 19.0 Å². The second kappa shape index (κ2) is 4.08.